The Balaban J connectivity index is 1.74. The van der Waals surface area contributed by atoms with Crippen LogP contribution in [-0.4, -0.2) is 6.54 Å². The van der Waals surface area contributed by atoms with Crippen molar-refractivity contribution in [2.75, 3.05) is 11.9 Å². The molecule has 2 aromatic rings. The predicted octanol–water partition coefficient (Wildman–Crippen LogP) is 7.67. The van der Waals surface area contributed by atoms with E-state index < -0.39 is 0 Å². The number of rotatable bonds is 11. The molecule has 0 saturated heterocycles. The van der Waals surface area contributed by atoms with Crippen LogP contribution < -0.4 is 5.32 Å². The minimum absolute atomic E-state index is 1.06. The van der Waals surface area contributed by atoms with E-state index in [0.29, 0.717) is 0 Å². The van der Waals surface area contributed by atoms with Crippen LogP contribution in [0.4, 0.5) is 5.69 Å². The molecule has 0 bridgehead atoms. The largest absolute Gasteiger partial charge is 0.385 e. The van der Waals surface area contributed by atoms with Gasteiger partial charge in [0.15, 0.2) is 0 Å². The number of anilines is 1. The van der Waals surface area contributed by atoms with E-state index in [1.165, 1.54) is 68.2 Å². The lowest BCUT2D eigenvalue weighted by molar-refractivity contribution is 0.581. The Morgan fingerprint density at radius 3 is 2.08 bits per heavy atom. The quantitative estimate of drug-likeness (QED) is 0.390. The first-order valence-corrected chi connectivity index (χ1v) is 10.2. The molecule has 1 N–H and O–H groups in total. The first kappa shape index (κ1) is 19.1. The van der Waals surface area contributed by atoms with E-state index in [2.05, 4.69) is 76.7 Å². The summed E-state index contributed by atoms with van der Waals surface area (Å²) < 4.78 is 1.12. The van der Waals surface area contributed by atoms with Gasteiger partial charge in [-0.3, -0.25) is 0 Å². The van der Waals surface area contributed by atoms with Gasteiger partial charge in [0.05, 0.1) is 0 Å². The Hall–Kier alpha value is -1.28. The Labute approximate surface area is 156 Å². The van der Waals surface area contributed by atoms with Crippen LogP contribution in [0.25, 0.3) is 11.1 Å². The van der Waals surface area contributed by atoms with E-state index >= 15 is 0 Å². The highest BCUT2D eigenvalue weighted by Gasteiger charge is 2.04. The van der Waals surface area contributed by atoms with Crippen LogP contribution in [0.1, 0.15) is 58.3 Å². The van der Waals surface area contributed by atoms with Crippen molar-refractivity contribution in [1.29, 1.82) is 0 Å². The van der Waals surface area contributed by atoms with E-state index in [1.54, 1.807) is 0 Å². The molecular weight excluding hydrogens is 358 g/mol. The van der Waals surface area contributed by atoms with E-state index in [1.807, 2.05) is 0 Å². The Kier molecular flexibility index (Phi) is 8.97. The lowest BCUT2D eigenvalue weighted by Crippen LogP contribution is -2.02. The average Bonchev–Trinajstić information content (AvgIpc) is 2.61. The monoisotopic (exact) mass is 387 g/mol. The van der Waals surface area contributed by atoms with Crippen molar-refractivity contribution in [1.82, 2.24) is 0 Å². The van der Waals surface area contributed by atoms with Crippen LogP contribution in [-0.2, 0) is 0 Å². The summed E-state index contributed by atoms with van der Waals surface area (Å²) in [5.74, 6) is 0. The summed E-state index contributed by atoms with van der Waals surface area (Å²) >= 11 is 3.51. The van der Waals surface area contributed by atoms with Crippen molar-refractivity contribution >= 4 is 21.6 Å². The summed E-state index contributed by atoms with van der Waals surface area (Å²) in [4.78, 5) is 0. The van der Waals surface area contributed by atoms with Crippen molar-refractivity contribution in [3.63, 3.8) is 0 Å². The van der Waals surface area contributed by atoms with E-state index in [-0.39, 0.29) is 0 Å². The third-order valence-electron chi connectivity index (χ3n) is 4.43. The van der Waals surface area contributed by atoms with Crippen molar-refractivity contribution in [3.8, 4) is 11.1 Å². The average molecular weight is 388 g/mol. The SMILES string of the molecule is CCCCCCCCCCNc1ccccc1-c1ccc(Br)cc1. The van der Waals surface area contributed by atoms with Crippen molar-refractivity contribution in [2.45, 2.75) is 58.3 Å². The van der Waals surface area contributed by atoms with Crippen molar-refractivity contribution < 1.29 is 0 Å². The standard InChI is InChI=1S/C22H30BrN/c1-2-3-4-5-6-7-8-11-18-24-22-13-10-9-12-21(22)19-14-16-20(23)17-15-19/h9-10,12-17,24H,2-8,11,18H2,1H3. The maximum Gasteiger partial charge on any atom is 0.0419 e. The van der Waals surface area contributed by atoms with Crippen LogP contribution in [0, 0.1) is 0 Å². The normalized spacial score (nSPS) is 10.8. The fourth-order valence-electron chi connectivity index (χ4n) is 3.00. The molecule has 24 heavy (non-hydrogen) atoms. The fraction of sp³-hybridized carbons (Fsp3) is 0.455. The molecule has 0 fully saturated rings. The van der Waals surface area contributed by atoms with Crippen LogP contribution in [0.5, 0.6) is 0 Å². The minimum Gasteiger partial charge on any atom is -0.385 e. The number of para-hydroxylation sites is 1. The summed E-state index contributed by atoms with van der Waals surface area (Å²) in [6, 6.07) is 17.1. The first-order valence-electron chi connectivity index (χ1n) is 9.40. The number of hydrogen-bond acceptors (Lipinski definition) is 1. The zero-order valence-corrected chi connectivity index (χ0v) is 16.4. The zero-order valence-electron chi connectivity index (χ0n) is 14.9. The van der Waals surface area contributed by atoms with Crippen LogP contribution in [0.2, 0.25) is 0 Å². The van der Waals surface area contributed by atoms with Gasteiger partial charge in [-0.1, -0.05) is 98.1 Å². The van der Waals surface area contributed by atoms with Gasteiger partial charge in [0, 0.05) is 22.3 Å². The van der Waals surface area contributed by atoms with Gasteiger partial charge in [-0.2, -0.15) is 0 Å². The second-order valence-electron chi connectivity index (χ2n) is 6.45. The third-order valence-corrected chi connectivity index (χ3v) is 4.96. The molecule has 0 saturated carbocycles. The molecule has 0 aliphatic heterocycles. The second kappa shape index (κ2) is 11.3. The van der Waals surface area contributed by atoms with Crippen LogP contribution >= 0.6 is 15.9 Å². The van der Waals surface area contributed by atoms with Crippen LogP contribution in [0.3, 0.4) is 0 Å². The van der Waals surface area contributed by atoms with Gasteiger partial charge < -0.3 is 5.32 Å². The minimum atomic E-state index is 1.06. The van der Waals surface area contributed by atoms with E-state index in [4.69, 9.17) is 0 Å². The number of halogens is 1. The molecule has 0 aliphatic rings. The fourth-order valence-corrected chi connectivity index (χ4v) is 3.26. The molecule has 0 aromatic heterocycles. The molecule has 0 heterocycles. The zero-order chi connectivity index (χ0) is 17.0. The smallest absolute Gasteiger partial charge is 0.0419 e. The first-order chi connectivity index (χ1) is 11.8. The third kappa shape index (κ3) is 6.68. The predicted molar refractivity (Wildman–Crippen MR) is 111 cm³/mol. The lowest BCUT2D eigenvalue weighted by atomic mass is 10.0. The number of nitrogens with one attached hydrogen (secondary N) is 1. The van der Waals surface area contributed by atoms with Gasteiger partial charge >= 0.3 is 0 Å². The number of benzene rings is 2. The Bertz CT molecular complexity index is 577. The van der Waals surface area contributed by atoms with Gasteiger partial charge in [0.2, 0.25) is 0 Å². The molecule has 0 atom stereocenters. The van der Waals surface area contributed by atoms with Crippen molar-refractivity contribution in [2.24, 2.45) is 0 Å². The topological polar surface area (TPSA) is 12.0 Å². The molecule has 0 spiro atoms. The van der Waals surface area contributed by atoms with Gasteiger partial charge in [-0.25, -0.2) is 0 Å². The molecule has 0 amide bonds. The highest BCUT2D eigenvalue weighted by molar-refractivity contribution is 9.10. The molecule has 2 rings (SSSR count). The van der Waals surface area contributed by atoms with Gasteiger partial charge in [-0.15, -0.1) is 0 Å². The summed E-state index contributed by atoms with van der Waals surface area (Å²) in [5.41, 5.74) is 3.78. The van der Waals surface area contributed by atoms with E-state index in [0.717, 1.165) is 11.0 Å². The molecule has 2 aromatic carbocycles. The summed E-state index contributed by atoms with van der Waals surface area (Å²) in [6.07, 6.45) is 10.9. The van der Waals surface area contributed by atoms with Crippen LogP contribution in [0.15, 0.2) is 53.0 Å². The molecule has 2 heteroatoms. The van der Waals surface area contributed by atoms with Gasteiger partial charge in [0.25, 0.3) is 0 Å². The molecule has 130 valence electrons. The molecular formula is C22H30BrN. The maximum atomic E-state index is 3.63. The van der Waals surface area contributed by atoms with Gasteiger partial charge in [0.1, 0.15) is 0 Å². The molecule has 0 unspecified atom stereocenters. The summed E-state index contributed by atoms with van der Waals surface area (Å²) in [5, 5.41) is 3.63. The summed E-state index contributed by atoms with van der Waals surface area (Å²) in [6.45, 7) is 3.33. The molecule has 0 aliphatic carbocycles. The Morgan fingerprint density at radius 1 is 0.750 bits per heavy atom. The number of hydrogen-bond donors (Lipinski definition) is 1. The van der Waals surface area contributed by atoms with Crippen molar-refractivity contribution in [3.05, 3.63) is 53.0 Å². The summed E-state index contributed by atoms with van der Waals surface area (Å²) in [7, 11) is 0. The maximum absolute atomic E-state index is 3.63. The van der Waals surface area contributed by atoms with Gasteiger partial charge in [-0.05, 0) is 30.2 Å². The molecule has 1 nitrogen and oxygen atoms in total. The molecule has 0 radical (unpaired) electrons. The Morgan fingerprint density at radius 2 is 1.38 bits per heavy atom. The highest BCUT2D eigenvalue weighted by Crippen LogP contribution is 2.28. The second-order valence-corrected chi connectivity index (χ2v) is 7.37. The number of unbranched alkanes of at least 4 members (excludes halogenated alkanes) is 7. The lowest BCUT2D eigenvalue weighted by Gasteiger charge is -2.12. The van der Waals surface area contributed by atoms with E-state index in [9.17, 15) is 0 Å². The highest BCUT2D eigenvalue weighted by atomic mass is 79.9.